The Hall–Kier alpha value is -1.81. The summed E-state index contributed by atoms with van der Waals surface area (Å²) in [6.45, 7) is 5.28. The third-order valence-corrected chi connectivity index (χ3v) is 4.66. The Morgan fingerprint density at radius 2 is 2.09 bits per heavy atom. The number of piperidine rings is 1. The zero-order chi connectivity index (χ0) is 16.2. The molecule has 1 fully saturated rings. The van der Waals surface area contributed by atoms with Crippen LogP contribution in [0.25, 0.3) is 0 Å². The van der Waals surface area contributed by atoms with Crippen molar-refractivity contribution >= 4 is 29.1 Å². The summed E-state index contributed by atoms with van der Waals surface area (Å²) < 4.78 is 0. The summed E-state index contributed by atoms with van der Waals surface area (Å²) in [5.74, 6) is 1.62. The van der Waals surface area contributed by atoms with Gasteiger partial charge in [0.25, 0.3) is 0 Å². The fourth-order valence-electron chi connectivity index (χ4n) is 3.13. The predicted molar refractivity (Wildman–Crippen MR) is 96.8 cm³/mol. The number of rotatable bonds is 4. The Labute approximate surface area is 142 Å². The summed E-state index contributed by atoms with van der Waals surface area (Å²) in [4.78, 5) is 11.8. The molecule has 0 saturated carbocycles. The van der Waals surface area contributed by atoms with Crippen molar-refractivity contribution in [3.05, 3.63) is 41.0 Å². The number of nitrogens with zero attached hydrogens (tertiary/aromatic N) is 3. The zero-order valence-corrected chi connectivity index (χ0v) is 14.5. The second-order valence-electron chi connectivity index (χ2n) is 6.05. The summed E-state index contributed by atoms with van der Waals surface area (Å²) in [6, 6.07) is 10.2. The minimum absolute atomic E-state index is 0.540. The van der Waals surface area contributed by atoms with Crippen LogP contribution in [0, 0.1) is 6.92 Å². The van der Waals surface area contributed by atoms with E-state index in [-0.39, 0.29) is 0 Å². The number of aromatic nitrogens is 2. The van der Waals surface area contributed by atoms with E-state index in [9.17, 15) is 0 Å². The van der Waals surface area contributed by atoms with Gasteiger partial charge in [0.15, 0.2) is 0 Å². The van der Waals surface area contributed by atoms with E-state index in [0.717, 1.165) is 36.1 Å². The van der Waals surface area contributed by atoms with Gasteiger partial charge in [0.1, 0.15) is 5.82 Å². The Morgan fingerprint density at radius 3 is 2.87 bits per heavy atom. The molecule has 1 aliphatic heterocycles. The molecule has 1 N–H and O–H groups in total. The van der Waals surface area contributed by atoms with Crippen LogP contribution in [0.3, 0.4) is 0 Å². The van der Waals surface area contributed by atoms with Crippen LogP contribution in [0.5, 0.6) is 0 Å². The van der Waals surface area contributed by atoms with Crippen LogP contribution in [0.15, 0.2) is 30.3 Å². The first kappa shape index (κ1) is 16.1. The average Bonchev–Trinajstić information content (AvgIpc) is 2.56. The van der Waals surface area contributed by atoms with Gasteiger partial charge < -0.3 is 10.2 Å². The summed E-state index contributed by atoms with van der Waals surface area (Å²) in [5.41, 5.74) is 1.83. The maximum atomic E-state index is 6.23. The molecule has 0 radical (unpaired) electrons. The zero-order valence-electron chi connectivity index (χ0n) is 13.7. The number of aryl methyl sites for hydroxylation is 1. The minimum Gasteiger partial charge on any atom is -0.339 e. The molecule has 0 amide bonds. The Balaban J connectivity index is 1.88. The van der Waals surface area contributed by atoms with E-state index in [4.69, 9.17) is 16.6 Å². The molecule has 3 rings (SSSR count). The van der Waals surface area contributed by atoms with Gasteiger partial charge in [-0.3, -0.25) is 0 Å². The van der Waals surface area contributed by atoms with E-state index in [0.29, 0.717) is 11.1 Å². The van der Waals surface area contributed by atoms with Gasteiger partial charge in [-0.1, -0.05) is 30.7 Å². The summed E-state index contributed by atoms with van der Waals surface area (Å²) in [5, 5.41) is 4.01. The fraction of sp³-hybridized carbons (Fsp3) is 0.444. The molecular weight excluding hydrogens is 308 g/mol. The molecule has 1 saturated heterocycles. The quantitative estimate of drug-likeness (QED) is 0.861. The fourth-order valence-corrected chi connectivity index (χ4v) is 3.32. The molecule has 1 atom stereocenters. The number of para-hydroxylation sites is 1. The van der Waals surface area contributed by atoms with Gasteiger partial charge in [-0.2, -0.15) is 4.98 Å². The van der Waals surface area contributed by atoms with Crippen molar-refractivity contribution < 1.29 is 0 Å². The molecule has 23 heavy (non-hydrogen) atoms. The molecule has 0 aliphatic carbocycles. The van der Waals surface area contributed by atoms with E-state index >= 15 is 0 Å². The van der Waals surface area contributed by atoms with Crippen LogP contribution in [0.2, 0.25) is 5.02 Å². The molecule has 0 spiro atoms. The lowest BCUT2D eigenvalue weighted by Crippen LogP contribution is -2.40. The molecule has 1 aliphatic rings. The lowest BCUT2D eigenvalue weighted by molar-refractivity contribution is 0.443. The first-order valence-electron chi connectivity index (χ1n) is 8.31. The van der Waals surface area contributed by atoms with Crippen molar-refractivity contribution in [2.24, 2.45) is 0 Å². The molecule has 122 valence electrons. The van der Waals surface area contributed by atoms with Crippen molar-refractivity contribution in [2.75, 3.05) is 16.8 Å². The lowest BCUT2D eigenvalue weighted by atomic mass is 10.0. The topological polar surface area (TPSA) is 41.1 Å². The Kier molecular flexibility index (Phi) is 5.01. The maximum Gasteiger partial charge on any atom is 0.227 e. The van der Waals surface area contributed by atoms with Gasteiger partial charge in [0.2, 0.25) is 5.95 Å². The van der Waals surface area contributed by atoms with Gasteiger partial charge in [-0.25, -0.2) is 4.98 Å². The van der Waals surface area contributed by atoms with Crippen LogP contribution in [0.1, 0.15) is 38.3 Å². The van der Waals surface area contributed by atoms with Crippen molar-refractivity contribution in [1.82, 2.24) is 9.97 Å². The van der Waals surface area contributed by atoms with Crippen molar-refractivity contribution in [3.63, 3.8) is 0 Å². The molecule has 1 aromatic heterocycles. The van der Waals surface area contributed by atoms with Gasteiger partial charge >= 0.3 is 0 Å². The third kappa shape index (κ3) is 3.75. The first-order chi connectivity index (χ1) is 11.2. The van der Waals surface area contributed by atoms with Gasteiger partial charge in [-0.05, 0) is 44.7 Å². The van der Waals surface area contributed by atoms with Crippen LogP contribution in [-0.2, 0) is 0 Å². The van der Waals surface area contributed by atoms with Crippen LogP contribution >= 0.6 is 11.6 Å². The summed E-state index contributed by atoms with van der Waals surface area (Å²) in [6.07, 6.45) is 4.86. The number of hydrogen-bond donors (Lipinski definition) is 1. The minimum atomic E-state index is 0.540. The summed E-state index contributed by atoms with van der Waals surface area (Å²) >= 11 is 6.23. The average molecular weight is 331 g/mol. The SMILES string of the molecule is CCC1CCCCN1c1nc(C)cc(Nc2ccccc2Cl)n1. The monoisotopic (exact) mass is 330 g/mol. The highest BCUT2D eigenvalue weighted by Gasteiger charge is 2.23. The summed E-state index contributed by atoms with van der Waals surface area (Å²) in [7, 11) is 0. The molecule has 1 aromatic carbocycles. The normalized spacial score (nSPS) is 18.0. The van der Waals surface area contributed by atoms with E-state index in [1.165, 1.54) is 19.3 Å². The van der Waals surface area contributed by atoms with E-state index in [2.05, 4.69) is 22.1 Å². The third-order valence-electron chi connectivity index (χ3n) is 4.33. The van der Waals surface area contributed by atoms with Crippen molar-refractivity contribution in [3.8, 4) is 0 Å². The van der Waals surface area contributed by atoms with Crippen molar-refractivity contribution in [1.29, 1.82) is 0 Å². The largest absolute Gasteiger partial charge is 0.339 e. The molecule has 5 heteroatoms. The molecule has 4 nitrogen and oxygen atoms in total. The van der Waals surface area contributed by atoms with E-state index < -0.39 is 0 Å². The Bertz CT molecular complexity index is 674. The smallest absolute Gasteiger partial charge is 0.227 e. The standard InChI is InChI=1S/C18H23ClN4/c1-3-14-8-6-7-11-23(14)18-20-13(2)12-17(22-18)21-16-10-5-4-9-15(16)19/h4-5,9-10,12,14H,3,6-8,11H2,1-2H3,(H,20,21,22). The highest BCUT2D eigenvalue weighted by Crippen LogP contribution is 2.28. The van der Waals surface area contributed by atoms with Crippen LogP contribution < -0.4 is 10.2 Å². The van der Waals surface area contributed by atoms with Crippen molar-refractivity contribution in [2.45, 2.75) is 45.6 Å². The molecule has 0 bridgehead atoms. The van der Waals surface area contributed by atoms with Gasteiger partial charge in [0, 0.05) is 24.3 Å². The number of anilines is 3. The first-order valence-corrected chi connectivity index (χ1v) is 8.69. The molecule has 2 heterocycles. The number of nitrogens with one attached hydrogen (secondary N) is 1. The Morgan fingerprint density at radius 1 is 1.26 bits per heavy atom. The predicted octanol–water partition coefficient (Wildman–Crippen LogP) is 4.95. The highest BCUT2D eigenvalue weighted by molar-refractivity contribution is 6.33. The van der Waals surface area contributed by atoms with E-state index in [1.807, 2.05) is 37.3 Å². The number of halogens is 1. The van der Waals surface area contributed by atoms with Crippen LogP contribution in [-0.4, -0.2) is 22.6 Å². The van der Waals surface area contributed by atoms with Gasteiger partial charge in [0.05, 0.1) is 10.7 Å². The highest BCUT2D eigenvalue weighted by atomic mass is 35.5. The second-order valence-corrected chi connectivity index (χ2v) is 6.46. The maximum absolute atomic E-state index is 6.23. The number of benzene rings is 1. The van der Waals surface area contributed by atoms with Crippen LogP contribution in [0.4, 0.5) is 17.5 Å². The molecule has 1 unspecified atom stereocenters. The molecular formula is C18H23ClN4. The second kappa shape index (κ2) is 7.18. The lowest BCUT2D eigenvalue weighted by Gasteiger charge is -2.35. The molecule has 2 aromatic rings. The van der Waals surface area contributed by atoms with Gasteiger partial charge in [-0.15, -0.1) is 0 Å². The van der Waals surface area contributed by atoms with E-state index in [1.54, 1.807) is 0 Å². The number of hydrogen-bond acceptors (Lipinski definition) is 4.